The van der Waals surface area contributed by atoms with Gasteiger partial charge in [-0.2, -0.15) is 13.2 Å². The summed E-state index contributed by atoms with van der Waals surface area (Å²) in [5, 5.41) is 10.5. The lowest BCUT2D eigenvalue weighted by atomic mass is 10.0. The Morgan fingerprint density at radius 2 is 1.94 bits per heavy atom. The van der Waals surface area contributed by atoms with E-state index in [1.54, 1.807) is 11.4 Å². The molecule has 0 amide bonds. The summed E-state index contributed by atoms with van der Waals surface area (Å²) in [4.78, 5) is 11.2. The predicted octanol–water partition coefficient (Wildman–Crippen LogP) is 4.13. The van der Waals surface area contributed by atoms with Crippen molar-refractivity contribution in [1.29, 1.82) is 0 Å². The van der Waals surface area contributed by atoms with Gasteiger partial charge < -0.3 is 5.11 Å². The van der Waals surface area contributed by atoms with Crippen molar-refractivity contribution < 1.29 is 23.1 Å². The molecule has 0 aliphatic rings. The molecule has 6 heteroatoms. The third kappa shape index (κ3) is 2.38. The number of hydrogen-bond acceptors (Lipinski definition) is 2. The van der Waals surface area contributed by atoms with Gasteiger partial charge in [0.1, 0.15) is 0 Å². The number of thiophene rings is 1. The number of rotatable bonds is 2. The summed E-state index contributed by atoms with van der Waals surface area (Å²) in [5.41, 5.74) is -1.08. The zero-order chi connectivity index (χ0) is 13.3. The van der Waals surface area contributed by atoms with E-state index < -0.39 is 17.7 Å². The van der Waals surface area contributed by atoms with Crippen molar-refractivity contribution in [3.05, 3.63) is 46.8 Å². The molecule has 2 aromatic rings. The second-order valence-corrected chi connectivity index (χ2v) is 4.49. The number of alkyl halides is 3. The second-order valence-electron chi connectivity index (χ2n) is 3.54. The summed E-state index contributed by atoms with van der Waals surface area (Å²) in [5.74, 6) is -1.25. The molecule has 2 nitrogen and oxygen atoms in total. The van der Waals surface area contributed by atoms with Gasteiger partial charge in [-0.15, -0.1) is 11.3 Å². The molecule has 0 aliphatic carbocycles. The summed E-state index contributed by atoms with van der Waals surface area (Å²) in [7, 11) is 0. The fourth-order valence-electron chi connectivity index (χ4n) is 1.56. The number of aromatic carboxylic acids is 1. The fourth-order valence-corrected chi connectivity index (χ4v) is 2.32. The van der Waals surface area contributed by atoms with Gasteiger partial charge in [0.05, 0.1) is 11.1 Å². The number of carboxylic acid groups (broad SMARTS) is 1. The minimum atomic E-state index is -4.50. The van der Waals surface area contributed by atoms with Crippen molar-refractivity contribution in [2.75, 3.05) is 0 Å². The van der Waals surface area contributed by atoms with E-state index in [2.05, 4.69) is 0 Å². The maximum atomic E-state index is 12.8. The van der Waals surface area contributed by atoms with E-state index >= 15 is 0 Å². The molecule has 1 N–H and O–H groups in total. The zero-order valence-corrected chi connectivity index (χ0v) is 9.68. The maximum Gasteiger partial charge on any atom is 0.417 e. The minimum Gasteiger partial charge on any atom is -0.478 e. The van der Waals surface area contributed by atoms with Crippen molar-refractivity contribution in [2.45, 2.75) is 6.18 Å². The molecule has 0 saturated carbocycles. The van der Waals surface area contributed by atoms with Crippen LogP contribution in [0.5, 0.6) is 0 Å². The Bertz CT molecular complexity index is 574. The molecule has 1 aromatic carbocycles. The van der Waals surface area contributed by atoms with Crippen LogP contribution in [0.2, 0.25) is 0 Å². The lowest BCUT2D eigenvalue weighted by Gasteiger charge is -2.12. The monoisotopic (exact) mass is 272 g/mol. The molecule has 0 radical (unpaired) electrons. The molecule has 1 heterocycles. The van der Waals surface area contributed by atoms with Crippen molar-refractivity contribution in [1.82, 2.24) is 0 Å². The van der Waals surface area contributed by atoms with Crippen molar-refractivity contribution in [3.63, 3.8) is 0 Å². The normalized spacial score (nSPS) is 11.5. The quantitative estimate of drug-likeness (QED) is 0.892. The molecule has 18 heavy (non-hydrogen) atoms. The summed E-state index contributed by atoms with van der Waals surface area (Å²) in [6.45, 7) is 0. The van der Waals surface area contributed by atoms with Gasteiger partial charge in [-0.1, -0.05) is 6.07 Å². The molecular formula is C12H7F3O2S. The highest BCUT2D eigenvalue weighted by Gasteiger charge is 2.34. The molecule has 0 saturated heterocycles. The Balaban J connectivity index is 2.65. The van der Waals surface area contributed by atoms with Crippen LogP contribution in [0, 0.1) is 0 Å². The van der Waals surface area contributed by atoms with Gasteiger partial charge in [0, 0.05) is 10.4 Å². The fraction of sp³-hybridized carbons (Fsp3) is 0.0833. The number of hydrogen-bond donors (Lipinski definition) is 1. The highest BCUT2D eigenvalue weighted by atomic mass is 32.1. The van der Waals surface area contributed by atoms with E-state index in [0.29, 0.717) is 4.88 Å². The van der Waals surface area contributed by atoms with Crippen LogP contribution in [0.15, 0.2) is 35.7 Å². The number of benzene rings is 1. The predicted molar refractivity (Wildman–Crippen MR) is 61.7 cm³/mol. The first-order valence-corrected chi connectivity index (χ1v) is 5.76. The SMILES string of the molecule is O=C(O)c1ccc(C(F)(F)F)c(-c2cccs2)c1. The molecule has 0 spiro atoms. The van der Waals surface area contributed by atoms with Gasteiger partial charge in [-0.25, -0.2) is 4.79 Å². The Hall–Kier alpha value is -1.82. The van der Waals surface area contributed by atoms with Gasteiger partial charge in [-0.3, -0.25) is 0 Å². The Morgan fingerprint density at radius 1 is 1.22 bits per heavy atom. The largest absolute Gasteiger partial charge is 0.478 e. The standard InChI is InChI=1S/C12H7F3O2S/c13-12(14,15)9-4-3-7(11(16)17)6-8(9)10-2-1-5-18-10/h1-6H,(H,16,17). The average Bonchev–Trinajstić information content (AvgIpc) is 2.80. The van der Waals surface area contributed by atoms with E-state index in [0.717, 1.165) is 29.5 Å². The van der Waals surface area contributed by atoms with Crippen LogP contribution in [0.25, 0.3) is 10.4 Å². The molecule has 1 aromatic heterocycles. The lowest BCUT2D eigenvalue weighted by molar-refractivity contribution is -0.137. The van der Waals surface area contributed by atoms with E-state index in [1.807, 2.05) is 0 Å². The third-order valence-corrected chi connectivity index (χ3v) is 3.26. The van der Waals surface area contributed by atoms with Gasteiger partial charge in [0.2, 0.25) is 0 Å². The van der Waals surface area contributed by atoms with Crippen LogP contribution in [-0.4, -0.2) is 11.1 Å². The van der Waals surface area contributed by atoms with Crippen molar-refractivity contribution in [2.24, 2.45) is 0 Å². The average molecular weight is 272 g/mol. The zero-order valence-electron chi connectivity index (χ0n) is 8.86. The van der Waals surface area contributed by atoms with Gasteiger partial charge in [0.15, 0.2) is 0 Å². The van der Waals surface area contributed by atoms with E-state index in [1.165, 1.54) is 6.07 Å². The van der Waals surface area contributed by atoms with Crippen LogP contribution in [0.1, 0.15) is 15.9 Å². The smallest absolute Gasteiger partial charge is 0.417 e. The van der Waals surface area contributed by atoms with Crippen LogP contribution in [0.4, 0.5) is 13.2 Å². The Labute approximate surface area is 104 Å². The van der Waals surface area contributed by atoms with E-state index in [4.69, 9.17) is 5.11 Å². The van der Waals surface area contributed by atoms with Crippen LogP contribution in [-0.2, 0) is 6.18 Å². The van der Waals surface area contributed by atoms with Crippen LogP contribution < -0.4 is 0 Å². The molecular weight excluding hydrogens is 265 g/mol. The molecule has 0 aliphatic heterocycles. The number of carboxylic acids is 1. The Morgan fingerprint density at radius 3 is 2.44 bits per heavy atom. The van der Waals surface area contributed by atoms with Gasteiger partial charge >= 0.3 is 12.1 Å². The molecule has 2 rings (SSSR count). The lowest BCUT2D eigenvalue weighted by Crippen LogP contribution is -2.08. The maximum absolute atomic E-state index is 12.8. The van der Waals surface area contributed by atoms with Gasteiger partial charge in [-0.05, 0) is 29.6 Å². The Kier molecular flexibility index (Phi) is 3.13. The summed E-state index contributed by atoms with van der Waals surface area (Å²) in [6, 6.07) is 5.96. The third-order valence-electron chi connectivity index (χ3n) is 2.36. The van der Waals surface area contributed by atoms with Crippen LogP contribution >= 0.6 is 11.3 Å². The summed E-state index contributed by atoms with van der Waals surface area (Å²) >= 11 is 1.13. The number of carbonyl (C=O) groups is 1. The first-order valence-electron chi connectivity index (χ1n) is 4.88. The first-order chi connectivity index (χ1) is 8.39. The highest BCUT2D eigenvalue weighted by molar-refractivity contribution is 7.13. The first kappa shape index (κ1) is 12.6. The van der Waals surface area contributed by atoms with Crippen LogP contribution in [0.3, 0.4) is 0 Å². The minimum absolute atomic E-state index is 0.0996. The molecule has 0 fully saturated rings. The molecule has 0 bridgehead atoms. The van der Waals surface area contributed by atoms with E-state index in [-0.39, 0.29) is 11.1 Å². The topological polar surface area (TPSA) is 37.3 Å². The summed E-state index contributed by atoms with van der Waals surface area (Å²) in [6.07, 6.45) is -4.50. The van der Waals surface area contributed by atoms with Gasteiger partial charge in [0.25, 0.3) is 0 Å². The summed E-state index contributed by atoms with van der Waals surface area (Å²) < 4.78 is 38.5. The molecule has 94 valence electrons. The van der Waals surface area contributed by atoms with Crippen molar-refractivity contribution >= 4 is 17.3 Å². The van der Waals surface area contributed by atoms with E-state index in [9.17, 15) is 18.0 Å². The molecule has 0 unspecified atom stereocenters. The highest BCUT2D eigenvalue weighted by Crippen LogP contribution is 2.39. The molecule has 0 atom stereocenters. The second kappa shape index (κ2) is 4.45. The number of halogens is 3. The van der Waals surface area contributed by atoms with Crippen molar-refractivity contribution in [3.8, 4) is 10.4 Å².